The normalized spacial score (nSPS) is 17.4. The van der Waals surface area contributed by atoms with E-state index in [9.17, 15) is 4.79 Å². The van der Waals surface area contributed by atoms with Gasteiger partial charge in [0, 0.05) is 30.8 Å². The van der Waals surface area contributed by atoms with Gasteiger partial charge in [0.25, 0.3) is 0 Å². The maximum absolute atomic E-state index is 12.4. The minimum absolute atomic E-state index is 0.0379. The van der Waals surface area contributed by atoms with Gasteiger partial charge >= 0.3 is 0 Å². The number of para-hydroxylation sites is 1. The van der Waals surface area contributed by atoms with Crippen LogP contribution < -0.4 is 10.5 Å². The molecule has 0 bridgehead atoms. The van der Waals surface area contributed by atoms with Gasteiger partial charge in [0.1, 0.15) is 11.6 Å². The molecule has 3 rings (SSSR count). The number of hydrogen-bond acceptors (Lipinski definition) is 5. The molecule has 2 N–H and O–H groups in total. The Balaban J connectivity index is 1.78. The Morgan fingerprint density at radius 1 is 1.27 bits per heavy atom. The lowest BCUT2D eigenvalue weighted by molar-refractivity contribution is -0.134. The highest BCUT2D eigenvalue weighted by Crippen LogP contribution is 2.29. The van der Waals surface area contributed by atoms with E-state index in [0.717, 1.165) is 29.3 Å². The van der Waals surface area contributed by atoms with Gasteiger partial charge in [0.2, 0.25) is 11.8 Å². The number of rotatable bonds is 4. The maximum atomic E-state index is 12.4. The number of nitrogens with zero attached hydrogens (tertiary/aromatic N) is 3. The number of likely N-dealkylation sites (tertiary alicyclic amines) is 1. The molecule has 0 saturated carbocycles. The number of hydrogen-bond donors (Lipinski definition) is 1. The second-order valence-electron chi connectivity index (χ2n) is 7.53. The van der Waals surface area contributed by atoms with Crippen molar-refractivity contribution in [3.63, 3.8) is 0 Å². The zero-order valence-corrected chi connectivity index (χ0v) is 15.8. The smallest absolute Gasteiger partial charge is 0.242 e. The second kappa shape index (κ2) is 7.03. The predicted molar refractivity (Wildman–Crippen MR) is 100 cm³/mol. The van der Waals surface area contributed by atoms with E-state index in [1.54, 1.807) is 18.7 Å². The molecule has 1 aromatic heterocycles. The largest absolute Gasteiger partial charge is 0.439 e. The van der Waals surface area contributed by atoms with Crippen molar-refractivity contribution in [2.45, 2.75) is 45.6 Å². The summed E-state index contributed by atoms with van der Waals surface area (Å²) in [5.41, 5.74) is 6.99. The first-order chi connectivity index (χ1) is 12.2. The Bertz CT molecular complexity index is 814. The lowest BCUT2D eigenvalue weighted by atomic mass is 10.1. The highest BCUT2D eigenvalue weighted by molar-refractivity contribution is 5.85. The van der Waals surface area contributed by atoms with E-state index in [-0.39, 0.29) is 11.8 Å². The summed E-state index contributed by atoms with van der Waals surface area (Å²) < 4.78 is 5.97. The summed E-state index contributed by atoms with van der Waals surface area (Å²) in [7, 11) is 0. The Kier molecular flexibility index (Phi) is 4.96. The van der Waals surface area contributed by atoms with Crippen LogP contribution in [0.5, 0.6) is 11.6 Å². The fourth-order valence-electron chi connectivity index (χ4n) is 3.14. The molecule has 0 radical (unpaired) electrons. The molecular formula is C20H26N4O2. The summed E-state index contributed by atoms with van der Waals surface area (Å²) >= 11 is 0. The van der Waals surface area contributed by atoms with Crippen molar-refractivity contribution in [3.8, 4) is 11.6 Å². The van der Waals surface area contributed by atoms with E-state index in [4.69, 9.17) is 10.5 Å². The SMILES string of the molecule is Cc1cc(Oc2ccccc2C)nc([C@@H]2CCN(C(=O)C(C)(C)N)C2)n1. The molecular weight excluding hydrogens is 328 g/mol. The summed E-state index contributed by atoms with van der Waals surface area (Å²) in [6.07, 6.45) is 0.828. The van der Waals surface area contributed by atoms with Crippen LogP contribution in [0, 0.1) is 13.8 Å². The Labute approximate surface area is 154 Å². The predicted octanol–water partition coefficient (Wildman–Crippen LogP) is 2.94. The lowest BCUT2D eigenvalue weighted by Gasteiger charge is -2.25. The molecule has 2 aromatic rings. The molecule has 1 saturated heterocycles. The molecule has 138 valence electrons. The number of ether oxygens (including phenoxy) is 1. The zero-order valence-electron chi connectivity index (χ0n) is 15.8. The van der Waals surface area contributed by atoms with E-state index in [1.807, 2.05) is 44.2 Å². The third kappa shape index (κ3) is 4.02. The van der Waals surface area contributed by atoms with Gasteiger partial charge in [0.05, 0.1) is 5.54 Å². The molecule has 1 aromatic carbocycles. The molecule has 2 heterocycles. The van der Waals surface area contributed by atoms with Gasteiger partial charge in [-0.05, 0) is 45.7 Å². The molecule has 0 spiro atoms. The summed E-state index contributed by atoms with van der Waals surface area (Å²) in [5, 5.41) is 0. The molecule has 1 aliphatic rings. The third-order valence-corrected chi connectivity index (χ3v) is 4.55. The topological polar surface area (TPSA) is 81.3 Å². The Hall–Kier alpha value is -2.47. The van der Waals surface area contributed by atoms with Crippen LogP contribution in [-0.4, -0.2) is 39.4 Å². The molecule has 1 amide bonds. The van der Waals surface area contributed by atoms with Gasteiger partial charge in [-0.25, -0.2) is 4.98 Å². The number of carbonyl (C=O) groups is 1. The first-order valence-corrected chi connectivity index (χ1v) is 8.91. The van der Waals surface area contributed by atoms with Crippen LogP contribution in [0.15, 0.2) is 30.3 Å². The fourth-order valence-corrected chi connectivity index (χ4v) is 3.14. The van der Waals surface area contributed by atoms with Gasteiger partial charge < -0.3 is 15.4 Å². The first-order valence-electron chi connectivity index (χ1n) is 8.91. The summed E-state index contributed by atoms with van der Waals surface area (Å²) in [6.45, 7) is 8.66. The molecule has 0 unspecified atom stereocenters. The standard InChI is InChI=1S/C20H26N4O2/c1-13-7-5-6-8-16(13)26-17-11-14(2)22-18(23-17)15-9-10-24(12-15)19(25)20(3,4)21/h5-8,11,15H,9-10,12,21H2,1-4H3/t15-/m1/s1. The van der Waals surface area contributed by atoms with Crippen LogP contribution in [0.25, 0.3) is 0 Å². The maximum Gasteiger partial charge on any atom is 0.242 e. The molecule has 26 heavy (non-hydrogen) atoms. The van der Waals surface area contributed by atoms with E-state index >= 15 is 0 Å². The molecule has 6 heteroatoms. The van der Waals surface area contributed by atoms with Crippen LogP contribution in [0.1, 0.15) is 43.3 Å². The van der Waals surface area contributed by atoms with Crippen molar-refractivity contribution in [2.24, 2.45) is 5.73 Å². The van der Waals surface area contributed by atoms with Crippen molar-refractivity contribution in [3.05, 3.63) is 47.4 Å². The van der Waals surface area contributed by atoms with Crippen LogP contribution in [0.3, 0.4) is 0 Å². The number of nitrogens with two attached hydrogens (primary N) is 1. The van der Waals surface area contributed by atoms with E-state index in [1.165, 1.54) is 0 Å². The van der Waals surface area contributed by atoms with Crippen molar-refractivity contribution in [1.82, 2.24) is 14.9 Å². The summed E-state index contributed by atoms with van der Waals surface area (Å²) in [6, 6.07) is 9.66. The fraction of sp³-hybridized carbons (Fsp3) is 0.450. The van der Waals surface area contributed by atoms with Crippen LogP contribution in [-0.2, 0) is 4.79 Å². The monoisotopic (exact) mass is 354 g/mol. The van der Waals surface area contributed by atoms with Crippen molar-refractivity contribution >= 4 is 5.91 Å². The third-order valence-electron chi connectivity index (χ3n) is 4.55. The van der Waals surface area contributed by atoms with Crippen molar-refractivity contribution in [1.29, 1.82) is 0 Å². The van der Waals surface area contributed by atoms with Crippen LogP contribution in [0.2, 0.25) is 0 Å². The van der Waals surface area contributed by atoms with Gasteiger partial charge in [-0.3, -0.25) is 4.79 Å². The van der Waals surface area contributed by atoms with E-state index < -0.39 is 5.54 Å². The highest BCUT2D eigenvalue weighted by atomic mass is 16.5. The summed E-state index contributed by atoms with van der Waals surface area (Å²) in [4.78, 5) is 23.4. The average molecular weight is 354 g/mol. The van der Waals surface area contributed by atoms with Crippen LogP contribution >= 0.6 is 0 Å². The Morgan fingerprint density at radius 2 is 2.00 bits per heavy atom. The Morgan fingerprint density at radius 3 is 2.69 bits per heavy atom. The zero-order chi connectivity index (χ0) is 18.9. The van der Waals surface area contributed by atoms with Gasteiger partial charge in [-0.2, -0.15) is 4.98 Å². The van der Waals surface area contributed by atoms with E-state index in [0.29, 0.717) is 19.0 Å². The molecule has 1 atom stereocenters. The average Bonchev–Trinajstić information content (AvgIpc) is 3.05. The minimum atomic E-state index is -0.860. The number of amides is 1. The van der Waals surface area contributed by atoms with Gasteiger partial charge in [-0.1, -0.05) is 18.2 Å². The molecule has 1 aliphatic heterocycles. The quantitative estimate of drug-likeness (QED) is 0.913. The number of carbonyl (C=O) groups excluding carboxylic acids is 1. The first kappa shape index (κ1) is 18.3. The van der Waals surface area contributed by atoms with Gasteiger partial charge in [0.15, 0.2) is 0 Å². The number of aromatic nitrogens is 2. The van der Waals surface area contributed by atoms with Crippen molar-refractivity contribution < 1.29 is 9.53 Å². The lowest BCUT2D eigenvalue weighted by Crippen LogP contribution is -2.50. The highest BCUT2D eigenvalue weighted by Gasteiger charge is 2.35. The molecule has 6 nitrogen and oxygen atoms in total. The molecule has 0 aliphatic carbocycles. The summed E-state index contributed by atoms with van der Waals surface area (Å²) in [5.74, 6) is 2.10. The van der Waals surface area contributed by atoms with Crippen LogP contribution in [0.4, 0.5) is 0 Å². The molecule has 1 fully saturated rings. The van der Waals surface area contributed by atoms with Gasteiger partial charge in [-0.15, -0.1) is 0 Å². The van der Waals surface area contributed by atoms with E-state index in [2.05, 4.69) is 9.97 Å². The number of benzene rings is 1. The minimum Gasteiger partial charge on any atom is -0.439 e. The van der Waals surface area contributed by atoms with Crippen molar-refractivity contribution in [2.75, 3.05) is 13.1 Å². The number of aryl methyl sites for hydroxylation is 2. The second-order valence-corrected chi connectivity index (χ2v) is 7.53.